The number of hydrogen-bond donors (Lipinski definition) is 1. The summed E-state index contributed by atoms with van der Waals surface area (Å²) in [6, 6.07) is 7.99. The first-order chi connectivity index (χ1) is 15.8. The number of hydrogen-bond acceptors (Lipinski definition) is 6. The number of nitriles is 1. The molecule has 7 nitrogen and oxygen atoms in total. The fraction of sp³-hybridized carbons (Fsp3) is 0.654. The van der Waals surface area contributed by atoms with Gasteiger partial charge < -0.3 is 15.2 Å². The molecule has 7 heteroatoms. The zero-order valence-corrected chi connectivity index (χ0v) is 19.8. The van der Waals surface area contributed by atoms with Crippen LogP contribution in [0, 0.1) is 34.5 Å². The molecule has 2 N–H and O–H groups in total. The number of amides is 1. The summed E-state index contributed by atoms with van der Waals surface area (Å²) < 4.78 is 11.5. The number of nitrogens with two attached hydrogens (primary N) is 1. The van der Waals surface area contributed by atoms with Crippen LogP contribution in [0.5, 0.6) is 0 Å². The van der Waals surface area contributed by atoms with Gasteiger partial charge in [-0.05, 0) is 67.2 Å². The Morgan fingerprint density at radius 2 is 2.09 bits per heavy atom. The number of aliphatic imine (C=N–C) groups is 1. The molecule has 1 aromatic rings. The number of ether oxygens (including phenoxy) is 2. The van der Waals surface area contributed by atoms with Gasteiger partial charge in [0.05, 0.1) is 24.3 Å². The van der Waals surface area contributed by atoms with Crippen LogP contribution in [-0.4, -0.2) is 49.7 Å². The molecule has 2 fully saturated rings. The largest absolute Gasteiger partial charge is 0.381 e. The molecular formula is C26H34N4O3. The van der Waals surface area contributed by atoms with E-state index in [0.29, 0.717) is 24.7 Å². The van der Waals surface area contributed by atoms with Crippen LogP contribution in [0.2, 0.25) is 0 Å². The second-order valence-corrected chi connectivity index (χ2v) is 10.7. The van der Waals surface area contributed by atoms with Crippen LogP contribution in [0.25, 0.3) is 0 Å². The normalized spacial score (nSPS) is 37.9. The molecule has 6 atom stereocenters. The molecule has 2 aliphatic carbocycles. The lowest BCUT2D eigenvalue weighted by Gasteiger charge is -2.50. The van der Waals surface area contributed by atoms with Crippen LogP contribution in [-0.2, 0) is 26.2 Å². The minimum Gasteiger partial charge on any atom is -0.381 e. The standard InChI is InChI=1S/C26H34N4O3/c1-16-10-25(11-17(2)22(16)32-3)12-20-7-6-18(13-27)9-21(20)26(25)23(31)30(24(28)29-26)14-19-5-4-8-33-15-19/h6-7,9,16-17,19,22H,4-5,8,10-12,14-15H2,1-3H3,(H2,28,29)/t16-,17+,19-,22?,25?,26+/m0/s1. The SMILES string of the molecule is COC1[C@H](C)CC2(Cc3ccc(C#N)cc3[C@]23N=C(N)N(C[C@@H]2CCCOC2)C3=O)C[C@@H]1C. The van der Waals surface area contributed by atoms with Crippen molar-refractivity contribution in [3.05, 3.63) is 34.9 Å². The van der Waals surface area contributed by atoms with E-state index in [1.165, 1.54) is 0 Å². The summed E-state index contributed by atoms with van der Waals surface area (Å²) in [6.07, 6.45) is 4.60. The summed E-state index contributed by atoms with van der Waals surface area (Å²) in [6.45, 7) is 6.39. The van der Waals surface area contributed by atoms with Crippen LogP contribution in [0.3, 0.4) is 0 Å². The van der Waals surface area contributed by atoms with Crippen molar-refractivity contribution >= 4 is 11.9 Å². The summed E-state index contributed by atoms with van der Waals surface area (Å²) in [4.78, 5) is 21.1. The number of guanidine groups is 1. The Morgan fingerprint density at radius 1 is 1.33 bits per heavy atom. The van der Waals surface area contributed by atoms with Gasteiger partial charge in [0.1, 0.15) is 0 Å². The molecule has 2 unspecified atom stereocenters. The highest BCUT2D eigenvalue weighted by atomic mass is 16.5. The van der Waals surface area contributed by atoms with Crippen molar-refractivity contribution in [2.45, 2.75) is 57.6 Å². The molecule has 2 spiro atoms. The second-order valence-electron chi connectivity index (χ2n) is 10.7. The fourth-order valence-electron chi connectivity index (χ4n) is 7.41. The van der Waals surface area contributed by atoms with E-state index >= 15 is 0 Å². The Hall–Kier alpha value is -2.43. The lowest BCUT2D eigenvalue weighted by atomic mass is 9.56. The average Bonchev–Trinajstić information content (AvgIpc) is 3.20. The highest BCUT2D eigenvalue weighted by molar-refractivity contribution is 6.08. The summed E-state index contributed by atoms with van der Waals surface area (Å²) in [5.74, 6) is 1.09. The second kappa shape index (κ2) is 8.11. The van der Waals surface area contributed by atoms with E-state index in [9.17, 15) is 10.1 Å². The Labute approximate surface area is 195 Å². The maximum Gasteiger partial charge on any atom is 0.262 e. The molecule has 1 aromatic carbocycles. The number of nitrogens with zero attached hydrogens (tertiary/aromatic N) is 3. The molecule has 176 valence electrons. The van der Waals surface area contributed by atoms with Crippen molar-refractivity contribution in [2.75, 3.05) is 26.9 Å². The Kier molecular flexibility index (Phi) is 5.49. The summed E-state index contributed by atoms with van der Waals surface area (Å²) in [5.41, 5.74) is 7.58. The van der Waals surface area contributed by atoms with E-state index in [1.807, 2.05) is 18.2 Å². The molecule has 4 aliphatic rings. The third-order valence-corrected chi connectivity index (χ3v) is 8.55. The number of benzene rings is 1. The predicted octanol–water partition coefficient (Wildman–Crippen LogP) is 2.96. The topological polar surface area (TPSA) is 101 Å². The van der Waals surface area contributed by atoms with Crippen molar-refractivity contribution < 1.29 is 14.3 Å². The first-order valence-electron chi connectivity index (χ1n) is 12.2. The van der Waals surface area contributed by atoms with Crippen LogP contribution < -0.4 is 5.73 Å². The van der Waals surface area contributed by atoms with Gasteiger partial charge >= 0.3 is 0 Å². The molecule has 1 saturated heterocycles. The lowest BCUT2D eigenvalue weighted by Crippen LogP contribution is -2.55. The molecule has 2 heterocycles. The van der Waals surface area contributed by atoms with Gasteiger partial charge in [-0.3, -0.25) is 9.69 Å². The van der Waals surface area contributed by atoms with E-state index in [1.54, 1.807) is 12.0 Å². The summed E-state index contributed by atoms with van der Waals surface area (Å²) in [7, 11) is 1.78. The molecule has 0 aromatic heterocycles. The molecule has 0 bridgehead atoms. The average molecular weight is 451 g/mol. The van der Waals surface area contributed by atoms with Crippen molar-refractivity contribution in [2.24, 2.45) is 33.9 Å². The highest BCUT2D eigenvalue weighted by Crippen LogP contribution is 2.63. The Balaban J connectivity index is 1.61. The van der Waals surface area contributed by atoms with Crippen molar-refractivity contribution in [3.63, 3.8) is 0 Å². The quantitative estimate of drug-likeness (QED) is 0.763. The monoisotopic (exact) mass is 450 g/mol. The van der Waals surface area contributed by atoms with Crippen LogP contribution >= 0.6 is 0 Å². The predicted molar refractivity (Wildman–Crippen MR) is 124 cm³/mol. The van der Waals surface area contributed by atoms with Gasteiger partial charge in [0.2, 0.25) is 0 Å². The van der Waals surface area contributed by atoms with E-state index in [0.717, 1.165) is 49.8 Å². The number of carbonyl (C=O) groups excluding carboxylic acids is 1. The van der Waals surface area contributed by atoms with Gasteiger partial charge in [-0.2, -0.15) is 5.26 Å². The Morgan fingerprint density at radius 3 is 2.73 bits per heavy atom. The van der Waals surface area contributed by atoms with Gasteiger partial charge in [0.15, 0.2) is 11.5 Å². The third-order valence-electron chi connectivity index (χ3n) is 8.55. The molecule has 1 saturated carbocycles. The highest BCUT2D eigenvalue weighted by Gasteiger charge is 2.68. The number of carbonyl (C=O) groups is 1. The fourth-order valence-corrected chi connectivity index (χ4v) is 7.41. The molecule has 2 aliphatic heterocycles. The number of rotatable bonds is 3. The molecular weight excluding hydrogens is 416 g/mol. The number of fused-ring (bicyclic) bond motifs is 3. The van der Waals surface area contributed by atoms with Crippen molar-refractivity contribution in [1.29, 1.82) is 5.26 Å². The van der Waals surface area contributed by atoms with Gasteiger partial charge in [0, 0.05) is 31.6 Å². The maximum atomic E-state index is 14.4. The van der Waals surface area contributed by atoms with Crippen LogP contribution in [0.4, 0.5) is 0 Å². The first-order valence-corrected chi connectivity index (χ1v) is 12.2. The zero-order valence-electron chi connectivity index (χ0n) is 19.8. The van der Waals surface area contributed by atoms with Gasteiger partial charge in [0.25, 0.3) is 5.91 Å². The van der Waals surface area contributed by atoms with E-state index in [4.69, 9.17) is 20.2 Å². The van der Waals surface area contributed by atoms with Gasteiger partial charge in [-0.25, -0.2) is 4.99 Å². The van der Waals surface area contributed by atoms with Crippen molar-refractivity contribution in [3.8, 4) is 6.07 Å². The Bertz CT molecular complexity index is 1010. The summed E-state index contributed by atoms with van der Waals surface area (Å²) in [5, 5.41) is 9.60. The van der Waals surface area contributed by atoms with Crippen LogP contribution in [0.15, 0.2) is 23.2 Å². The lowest BCUT2D eigenvalue weighted by molar-refractivity contribution is -0.142. The van der Waals surface area contributed by atoms with Gasteiger partial charge in [-0.15, -0.1) is 0 Å². The summed E-state index contributed by atoms with van der Waals surface area (Å²) >= 11 is 0. The third kappa shape index (κ3) is 3.22. The first kappa shape index (κ1) is 22.4. The molecule has 0 radical (unpaired) electrons. The molecule has 33 heavy (non-hydrogen) atoms. The smallest absolute Gasteiger partial charge is 0.262 e. The molecule has 5 rings (SSSR count). The minimum absolute atomic E-state index is 0.0327. The maximum absolute atomic E-state index is 14.4. The molecule has 1 amide bonds. The van der Waals surface area contributed by atoms with E-state index in [2.05, 4.69) is 19.9 Å². The van der Waals surface area contributed by atoms with E-state index in [-0.39, 0.29) is 35.2 Å². The minimum atomic E-state index is -1.07. The van der Waals surface area contributed by atoms with E-state index < -0.39 is 5.54 Å². The number of methoxy groups -OCH3 is 1. The zero-order chi connectivity index (χ0) is 23.4. The van der Waals surface area contributed by atoms with Gasteiger partial charge in [-0.1, -0.05) is 19.9 Å². The van der Waals surface area contributed by atoms with Crippen LogP contribution in [0.1, 0.15) is 56.2 Å². The van der Waals surface area contributed by atoms with Crippen molar-refractivity contribution in [1.82, 2.24) is 4.90 Å².